The van der Waals surface area contributed by atoms with Crippen molar-refractivity contribution in [3.05, 3.63) is 41.1 Å². The fraction of sp³-hybridized carbons (Fsp3) is 0.167. The van der Waals surface area contributed by atoms with Crippen LogP contribution in [-0.2, 0) is 0 Å². The van der Waals surface area contributed by atoms with E-state index in [-0.39, 0.29) is 16.7 Å². The summed E-state index contributed by atoms with van der Waals surface area (Å²) in [6, 6.07) is 3.60. The smallest absolute Gasteiger partial charge is 0.243 e. The molecule has 0 saturated heterocycles. The van der Waals surface area contributed by atoms with Gasteiger partial charge in [-0.15, -0.1) is 0 Å². The number of nitrogens with one attached hydrogen (secondary N) is 1. The van der Waals surface area contributed by atoms with E-state index in [4.69, 9.17) is 16.3 Å². The zero-order valence-electron chi connectivity index (χ0n) is 9.95. The first kappa shape index (κ1) is 13.5. The SMILES string of the molecule is CCNc1ncc(Cl)c(Oc2cccc(F)c2F)n1. The summed E-state index contributed by atoms with van der Waals surface area (Å²) in [4.78, 5) is 7.87. The second-order valence-corrected chi connectivity index (χ2v) is 3.94. The maximum Gasteiger partial charge on any atom is 0.243 e. The van der Waals surface area contributed by atoms with Crippen molar-refractivity contribution < 1.29 is 13.5 Å². The number of aromatic nitrogens is 2. The lowest BCUT2D eigenvalue weighted by Crippen LogP contribution is -2.03. The summed E-state index contributed by atoms with van der Waals surface area (Å²) in [5.74, 6) is -2.14. The third-order valence-electron chi connectivity index (χ3n) is 2.17. The molecule has 2 rings (SSSR count). The van der Waals surface area contributed by atoms with E-state index in [9.17, 15) is 8.78 Å². The molecule has 1 N–H and O–H groups in total. The topological polar surface area (TPSA) is 47.0 Å². The quantitative estimate of drug-likeness (QED) is 0.932. The average molecular weight is 286 g/mol. The van der Waals surface area contributed by atoms with Gasteiger partial charge in [-0.25, -0.2) is 9.37 Å². The van der Waals surface area contributed by atoms with Gasteiger partial charge in [0.15, 0.2) is 11.6 Å². The second kappa shape index (κ2) is 5.79. The molecule has 1 aromatic carbocycles. The molecule has 0 fully saturated rings. The fourth-order valence-corrected chi connectivity index (χ4v) is 1.46. The molecule has 2 aromatic rings. The Morgan fingerprint density at radius 1 is 1.37 bits per heavy atom. The summed E-state index contributed by atoms with van der Waals surface area (Å²) in [5, 5.41) is 2.96. The number of anilines is 1. The van der Waals surface area contributed by atoms with E-state index in [0.717, 1.165) is 6.07 Å². The van der Waals surface area contributed by atoms with Gasteiger partial charge >= 0.3 is 0 Å². The summed E-state index contributed by atoms with van der Waals surface area (Å²) < 4.78 is 31.7. The van der Waals surface area contributed by atoms with Crippen molar-refractivity contribution in [2.75, 3.05) is 11.9 Å². The lowest BCUT2D eigenvalue weighted by Gasteiger charge is -2.09. The van der Waals surface area contributed by atoms with E-state index < -0.39 is 11.6 Å². The number of benzene rings is 1. The monoisotopic (exact) mass is 285 g/mol. The van der Waals surface area contributed by atoms with Crippen molar-refractivity contribution in [1.29, 1.82) is 0 Å². The predicted octanol–water partition coefficient (Wildman–Crippen LogP) is 3.63. The first-order valence-corrected chi connectivity index (χ1v) is 5.88. The van der Waals surface area contributed by atoms with E-state index in [0.29, 0.717) is 12.5 Å². The zero-order chi connectivity index (χ0) is 13.8. The normalized spacial score (nSPS) is 10.3. The molecule has 0 aliphatic carbocycles. The lowest BCUT2D eigenvalue weighted by atomic mass is 10.3. The van der Waals surface area contributed by atoms with E-state index >= 15 is 0 Å². The number of hydrogen-bond donors (Lipinski definition) is 1. The van der Waals surface area contributed by atoms with Gasteiger partial charge in [-0.2, -0.15) is 9.37 Å². The third-order valence-corrected chi connectivity index (χ3v) is 2.43. The Hall–Kier alpha value is -1.95. The van der Waals surface area contributed by atoms with Gasteiger partial charge in [0.05, 0.1) is 6.20 Å². The summed E-state index contributed by atoms with van der Waals surface area (Å²) in [6.45, 7) is 2.47. The third kappa shape index (κ3) is 3.08. The highest BCUT2D eigenvalue weighted by Crippen LogP contribution is 2.29. The summed E-state index contributed by atoms with van der Waals surface area (Å²) in [6.07, 6.45) is 1.32. The van der Waals surface area contributed by atoms with Crippen LogP contribution in [0.1, 0.15) is 6.92 Å². The molecule has 0 aliphatic heterocycles. The van der Waals surface area contributed by atoms with E-state index in [2.05, 4.69) is 15.3 Å². The van der Waals surface area contributed by atoms with Crippen LogP contribution in [-0.4, -0.2) is 16.5 Å². The van der Waals surface area contributed by atoms with Gasteiger partial charge in [0.2, 0.25) is 17.6 Å². The molecule has 1 heterocycles. The first-order chi connectivity index (χ1) is 9.11. The van der Waals surface area contributed by atoms with E-state index in [1.807, 2.05) is 6.92 Å². The molecular weight excluding hydrogens is 276 g/mol. The largest absolute Gasteiger partial charge is 0.434 e. The van der Waals surface area contributed by atoms with Crippen molar-refractivity contribution in [2.45, 2.75) is 6.92 Å². The molecular formula is C12H10ClF2N3O. The van der Waals surface area contributed by atoms with Crippen LogP contribution in [0.15, 0.2) is 24.4 Å². The van der Waals surface area contributed by atoms with E-state index in [1.54, 1.807) is 0 Å². The maximum absolute atomic E-state index is 13.5. The van der Waals surface area contributed by atoms with Gasteiger partial charge in [-0.3, -0.25) is 0 Å². The van der Waals surface area contributed by atoms with Crippen LogP contribution in [0.2, 0.25) is 5.02 Å². The Bertz CT molecular complexity index is 595. The highest BCUT2D eigenvalue weighted by atomic mass is 35.5. The highest BCUT2D eigenvalue weighted by Gasteiger charge is 2.13. The van der Waals surface area contributed by atoms with Crippen molar-refractivity contribution in [3.63, 3.8) is 0 Å². The molecule has 0 saturated carbocycles. The van der Waals surface area contributed by atoms with Gasteiger partial charge < -0.3 is 10.1 Å². The second-order valence-electron chi connectivity index (χ2n) is 3.53. The number of rotatable bonds is 4. The Kier molecular flexibility index (Phi) is 4.11. The van der Waals surface area contributed by atoms with E-state index in [1.165, 1.54) is 18.3 Å². The minimum Gasteiger partial charge on any atom is -0.434 e. The lowest BCUT2D eigenvalue weighted by molar-refractivity contribution is 0.405. The fourth-order valence-electron chi connectivity index (χ4n) is 1.33. The van der Waals surface area contributed by atoms with Crippen LogP contribution in [0.5, 0.6) is 11.6 Å². The number of ether oxygens (including phenoxy) is 1. The van der Waals surface area contributed by atoms with Crippen molar-refractivity contribution in [3.8, 4) is 11.6 Å². The molecule has 0 aliphatic rings. The van der Waals surface area contributed by atoms with Crippen molar-refractivity contribution in [1.82, 2.24) is 9.97 Å². The first-order valence-electron chi connectivity index (χ1n) is 5.50. The Balaban J connectivity index is 2.32. The number of halogens is 3. The molecule has 0 atom stereocenters. The zero-order valence-corrected chi connectivity index (χ0v) is 10.7. The van der Waals surface area contributed by atoms with Gasteiger partial charge in [0, 0.05) is 6.54 Å². The van der Waals surface area contributed by atoms with Crippen LogP contribution in [0.4, 0.5) is 14.7 Å². The molecule has 100 valence electrons. The number of hydrogen-bond acceptors (Lipinski definition) is 4. The standard InChI is InChI=1S/C12H10ClF2N3O/c1-2-16-12-17-6-7(13)11(18-12)19-9-5-3-4-8(14)10(9)15/h3-6H,2H2,1H3,(H,16,17,18). The summed E-state index contributed by atoms with van der Waals surface area (Å²) >= 11 is 5.84. The molecule has 1 aromatic heterocycles. The highest BCUT2D eigenvalue weighted by molar-refractivity contribution is 6.31. The minimum atomic E-state index is -1.10. The van der Waals surface area contributed by atoms with Gasteiger partial charge in [-0.05, 0) is 19.1 Å². The summed E-state index contributed by atoms with van der Waals surface area (Å²) in [5.41, 5.74) is 0. The van der Waals surface area contributed by atoms with Crippen LogP contribution in [0.3, 0.4) is 0 Å². The Morgan fingerprint density at radius 2 is 2.16 bits per heavy atom. The van der Waals surface area contributed by atoms with Crippen molar-refractivity contribution >= 4 is 17.5 Å². The summed E-state index contributed by atoms with van der Waals surface area (Å²) in [7, 11) is 0. The van der Waals surface area contributed by atoms with Crippen LogP contribution in [0, 0.1) is 11.6 Å². The molecule has 7 heteroatoms. The van der Waals surface area contributed by atoms with Gasteiger partial charge in [-0.1, -0.05) is 17.7 Å². The Morgan fingerprint density at radius 3 is 2.89 bits per heavy atom. The van der Waals surface area contributed by atoms with Crippen LogP contribution < -0.4 is 10.1 Å². The molecule has 19 heavy (non-hydrogen) atoms. The molecule has 0 bridgehead atoms. The van der Waals surface area contributed by atoms with Gasteiger partial charge in [0.1, 0.15) is 5.02 Å². The number of nitrogens with zero attached hydrogens (tertiary/aromatic N) is 2. The molecule has 0 spiro atoms. The minimum absolute atomic E-state index is 0.0443. The molecule has 0 radical (unpaired) electrons. The van der Waals surface area contributed by atoms with Gasteiger partial charge in [0.25, 0.3) is 0 Å². The predicted molar refractivity (Wildman–Crippen MR) is 67.6 cm³/mol. The molecule has 0 unspecified atom stereocenters. The average Bonchev–Trinajstić information content (AvgIpc) is 2.39. The maximum atomic E-state index is 13.5. The van der Waals surface area contributed by atoms with Crippen molar-refractivity contribution in [2.24, 2.45) is 0 Å². The Labute approximate surface area is 113 Å². The van der Waals surface area contributed by atoms with Crippen LogP contribution in [0.25, 0.3) is 0 Å². The molecule has 4 nitrogen and oxygen atoms in total. The van der Waals surface area contributed by atoms with Crippen LogP contribution >= 0.6 is 11.6 Å². The molecule has 0 amide bonds.